The Morgan fingerprint density at radius 3 is 2.86 bits per heavy atom. The minimum atomic E-state index is -0.208. The minimum absolute atomic E-state index is 0.0388. The van der Waals surface area contributed by atoms with Crippen LogP contribution in [0.4, 0.5) is 0 Å². The van der Waals surface area contributed by atoms with Crippen molar-refractivity contribution in [2.45, 2.75) is 37.6 Å². The van der Waals surface area contributed by atoms with E-state index >= 15 is 0 Å². The lowest BCUT2D eigenvalue weighted by Gasteiger charge is -2.27. The zero-order valence-corrected chi connectivity index (χ0v) is 12.4. The average molecular weight is 290 g/mol. The van der Waals surface area contributed by atoms with Crippen molar-refractivity contribution in [2.24, 2.45) is 0 Å². The Kier molecular flexibility index (Phi) is 3.45. The molecule has 1 aromatic heterocycles. The van der Waals surface area contributed by atoms with Gasteiger partial charge in [-0.2, -0.15) is 0 Å². The molecule has 1 radical (unpaired) electrons. The largest absolute Gasteiger partial charge is 0.458 e. The van der Waals surface area contributed by atoms with Gasteiger partial charge in [-0.15, -0.1) is 0 Å². The maximum Gasteiger partial charge on any atom is 0.340 e. The highest BCUT2D eigenvalue weighted by Crippen LogP contribution is 2.40. The molecule has 1 fully saturated rings. The Morgan fingerprint density at radius 2 is 2.00 bits per heavy atom. The van der Waals surface area contributed by atoms with Gasteiger partial charge in [0.1, 0.15) is 6.10 Å². The molecule has 0 bridgehead atoms. The lowest BCUT2D eigenvalue weighted by Crippen LogP contribution is -2.33. The number of pyridine rings is 1. The molecule has 1 aromatic carbocycles. The topological polar surface area (TPSA) is 39.2 Å². The molecule has 0 N–H and O–H groups in total. The first-order chi connectivity index (χ1) is 10.8. The first kappa shape index (κ1) is 13.6. The maximum absolute atomic E-state index is 12.0. The van der Waals surface area contributed by atoms with Crippen LogP contribution in [0.3, 0.4) is 0 Å². The molecule has 2 aromatic rings. The molecule has 4 heteroatoms. The monoisotopic (exact) mass is 290 g/mol. The predicted octanol–water partition coefficient (Wildman–Crippen LogP) is 2.42. The van der Waals surface area contributed by atoms with Crippen molar-refractivity contribution in [3.05, 3.63) is 59.3 Å². The van der Waals surface area contributed by atoms with Crippen molar-refractivity contribution in [2.75, 3.05) is 0 Å². The zero-order chi connectivity index (χ0) is 14.9. The fraction of sp³-hybridized carbons (Fsp3) is 0.333. The van der Waals surface area contributed by atoms with E-state index in [0.717, 1.165) is 36.9 Å². The van der Waals surface area contributed by atoms with Crippen molar-refractivity contribution in [3.63, 3.8) is 0 Å². The summed E-state index contributed by atoms with van der Waals surface area (Å²) in [7, 11) is 2.12. The Labute approximate surface area is 131 Å². The van der Waals surface area contributed by atoms with Crippen LogP contribution in [0.5, 0.6) is 0 Å². The second-order valence-electron chi connectivity index (χ2n) is 6.04. The molecule has 1 saturated carbocycles. The number of aromatic nitrogens is 1. The number of ether oxygens (including phenoxy) is 1. The van der Waals surface area contributed by atoms with Gasteiger partial charge in [-0.3, -0.25) is 4.98 Å². The van der Waals surface area contributed by atoms with Crippen LogP contribution in [-0.2, 0) is 11.1 Å². The van der Waals surface area contributed by atoms with E-state index in [1.54, 1.807) is 0 Å². The molecule has 3 nitrogen and oxygen atoms in total. The van der Waals surface area contributed by atoms with Crippen LogP contribution in [-0.4, -0.2) is 24.3 Å². The predicted molar refractivity (Wildman–Crippen MR) is 85.6 cm³/mol. The fourth-order valence-corrected chi connectivity index (χ4v) is 3.48. The molecular formula is C18H17BNO2. The number of rotatable bonds is 3. The normalized spacial score (nSPS) is 22.6. The lowest BCUT2D eigenvalue weighted by molar-refractivity contribution is 0.0222. The van der Waals surface area contributed by atoms with Crippen molar-refractivity contribution in [1.29, 1.82) is 0 Å². The van der Waals surface area contributed by atoms with Gasteiger partial charge in [-0.1, -0.05) is 35.9 Å². The van der Waals surface area contributed by atoms with Crippen molar-refractivity contribution >= 4 is 18.8 Å². The Balaban J connectivity index is 1.58. The second kappa shape index (κ2) is 5.60. The van der Waals surface area contributed by atoms with Crippen LogP contribution in [0.25, 0.3) is 0 Å². The molecule has 22 heavy (non-hydrogen) atoms. The van der Waals surface area contributed by atoms with E-state index in [9.17, 15) is 4.79 Å². The maximum atomic E-state index is 12.0. The van der Waals surface area contributed by atoms with Crippen LogP contribution in [0.15, 0.2) is 42.5 Å². The molecule has 4 rings (SSSR count). The Hall–Kier alpha value is -2.10. The molecule has 2 atom stereocenters. The molecule has 0 spiro atoms. The molecule has 2 heterocycles. The first-order valence-corrected chi connectivity index (χ1v) is 7.90. The van der Waals surface area contributed by atoms with Gasteiger partial charge < -0.3 is 4.74 Å². The van der Waals surface area contributed by atoms with Gasteiger partial charge in [0.15, 0.2) is 7.28 Å². The molecule has 1 aliphatic heterocycles. The van der Waals surface area contributed by atoms with Crippen LogP contribution in [0.2, 0.25) is 0 Å². The lowest BCUT2D eigenvalue weighted by atomic mass is 9.68. The SMILES string of the molecule is O=C1OC2CCCC2c2nc([B]Cc3ccccc3)ccc21. The smallest absolute Gasteiger partial charge is 0.340 e. The summed E-state index contributed by atoms with van der Waals surface area (Å²) in [4.78, 5) is 16.8. The molecule has 1 aliphatic carbocycles. The summed E-state index contributed by atoms with van der Waals surface area (Å²) in [6, 6.07) is 14.1. The third kappa shape index (κ3) is 2.43. The van der Waals surface area contributed by atoms with E-state index in [-0.39, 0.29) is 18.0 Å². The molecule has 0 amide bonds. The molecule has 2 unspecified atom stereocenters. The van der Waals surface area contributed by atoms with E-state index in [0.29, 0.717) is 5.56 Å². The van der Waals surface area contributed by atoms with Gasteiger partial charge in [0, 0.05) is 5.92 Å². The molecule has 0 saturated heterocycles. The third-order valence-corrected chi connectivity index (χ3v) is 4.62. The Bertz CT molecular complexity index is 701. The number of fused-ring (bicyclic) bond motifs is 3. The van der Waals surface area contributed by atoms with Gasteiger partial charge in [0.05, 0.1) is 11.3 Å². The van der Waals surface area contributed by atoms with E-state index in [1.807, 2.05) is 30.3 Å². The van der Waals surface area contributed by atoms with Gasteiger partial charge in [0.25, 0.3) is 0 Å². The van der Waals surface area contributed by atoms with E-state index in [2.05, 4.69) is 19.4 Å². The second-order valence-corrected chi connectivity index (χ2v) is 6.04. The summed E-state index contributed by atoms with van der Waals surface area (Å²) < 4.78 is 5.52. The number of benzene rings is 1. The summed E-state index contributed by atoms with van der Waals surface area (Å²) in [5, 5.41) is 0. The van der Waals surface area contributed by atoms with Crippen LogP contribution in [0.1, 0.15) is 46.8 Å². The van der Waals surface area contributed by atoms with Crippen LogP contribution >= 0.6 is 0 Å². The summed E-state index contributed by atoms with van der Waals surface area (Å²) in [6.45, 7) is 0. The number of esters is 1. The number of hydrogen-bond donors (Lipinski definition) is 0. The van der Waals surface area contributed by atoms with Crippen molar-refractivity contribution in [3.8, 4) is 0 Å². The molecule has 109 valence electrons. The van der Waals surface area contributed by atoms with E-state index in [1.165, 1.54) is 5.56 Å². The summed E-state index contributed by atoms with van der Waals surface area (Å²) >= 11 is 0. The standard InChI is InChI=1S/C18H17BNO2/c21-18-14-9-10-16(19-11-12-5-2-1-3-6-12)20-17(14)13-7-4-8-15(13)22-18/h1-3,5-6,9-10,13,15H,4,7-8,11H2. The molecular weight excluding hydrogens is 273 g/mol. The number of nitrogens with zero attached hydrogens (tertiary/aromatic N) is 1. The third-order valence-electron chi connectivity index (χ3n) is 4.62. The zero-order valence-electron chi connectivity index (χ0n) is 12.4. The first-order valence-electron chi connectivity index (χ1n) is 7.90. The Morgan fingerprint density at radius 1 is 1.14 bits per heavy atom. The highest BCUT2D eigenvalue weighted by molar-refractivity contribution is 6.51. The summed E-state index contributed by atoms with van der Waals surface area (Å²) in [6.07, 6.45) is 4.04. The van der Waals surface area contributed by atoms with Gasteiger partial charge in [-0.05, 0) is 43.3 Å². The van der Waals surface area contributed by atoms with Gasteiger partial charge in [-0.25, -0.2) is 4.79 Å². The van der Waals surface area contributed by atoms with E-state index < -0.39 is 0 Å². The quantitative estimate of drug-likeness (QED) is 0.643. The average Bonchev–Trinajstić information content (AvgIpc) is 3.02. The van der Waals surface area contributed by atoms with Crippen molar-refractivity contribution in [1.82, 2.24) is 4.98 Å². The highest BCUT2D eigenvalue weighted by atomic mass is 16.5. The number of carbonyl (C=O) groups excluding carboxylic acids is 1. The fourth-order valence-electron chi connectivity index (χ4n) is 3.48. The van der Waals surface area contributed by atoms with Crippen LogP contribution < -0.4 is 5.59 Å². The van der Waals surface area contributed by atoms with Gasteiger partial charge >= 0.3 is 5.97 Å². The highest BCUT2D eigenvalue weighted by Gasteiger charge is 2.39. The number of hydrogen-bond acceptors (Lipinski definition) is 3. The van der Waals surface area contributed by atoms with Crippen molar-refractivity contribution < 1.29 is 9.53 Å². The summed E-state index contributed by atoms with van der Waals surface area (Å²) in [5.41, 5.74) is 3.81. The van der Waals surface area contributed by atoms with E-state index in [4.69, 9.17) is 9.72 Å². The van der Waals surface area contributed by atoms with Crippen LogP contribution in [0, 0.1) is 0 Å². The molecule has 2 aliphatic rings. The van der Waals surface area contributed by atoms with Gasteiger partial charge in [0.2, 0.25) is 0 Å². The summed E-state index contributed by atoms with van der Waals surface area (Å²) in [5.74, 6) is 0.0815. The minimum Gasteiger partial charge on any atom is -0.458 e. The number of carbonyl (C=O) groups is 1.